The number of halogens is 2. The summed E-state index contributed by atoms with van der Waals surface area (Å²) in [6.45, 7) is 2.06. The zero-order valence-corrected chi connectivity index (χ0v) is 17.7. The quantitative estimate of drug-likeness (QED) is 0.238. The second-order valence-electron chi connectivity index (χ2n) is 6.54. The van der Waals surface area contributed by atoms with Crippen LogP contribution in [0.4, 0.5) is 15.8 Å². The van der Waals surface area contributed by atoms with Gasteiger partial charge in [0.1, 0.15) is 18.2 Å². The largest absolute Gasteiger partial charge is 0.488 e. The fourth-order valence-corrected chi connectivity index (χ4v) is 3.23. The standard InChI is InChI=1S/C22H21BrFN3O3/c23-18-5-10-22(30-15-16-3-1-2-4-21(16)24)17(13-18)14-25-11-12-26-19-6-8-20(9-7-19)27(28)29/h1-10,13,25-26H,11-12,14-15H2. The Balaban J connectivity index is 1.49. The van der Waals surface area contributed by atoms with E-state index in [9.17, 15) is 14.5 Å². The van der Waals surface area contributed by atoms with E-state index < -0.39 is 4.92 Å². The molecule has 0 saturated carbocycles. The number of hydrogen-bond acceptors (Lipinski definition) is 5. The number of benzene rings is 3. The van der Waals surface area contributed by atoms with Gasteiger partial charge in [-0.05, 0) is 36.4 Å². The lowest BCUT2D eigenvalue weighted by Gasteiger charge is -2.14. The van der Waals surface area contributed by atoms with Gasteiger partial charge in [-0.1, -0.05) is 34.1 Å². The molecule has 0 fully saturated rings. The van der Waals surface area contributed by atoms with Crippen LogP contribution < -0.4 is 15.4 Å². The molecule has 0 aliphatic carbocycles. The zero-order valence-electron chi connectivity index (χ0n) is 16.1. The molecule has 30 heavy (non-hydrogen) atoms. The van der Waals surface area contributed by atoms with E-state index in [4.69, 9.17) is 4.74 Å². The molecule has 0 atom stereocenters. The van der Waals surface area contributed by atoms with Gasteiger partial charge in [0.2, 0.25) is 0 Å². The molecule has 2 N–H and O–H groups in total. The van der Waals surface area contributed by atoms with Crippen LogP contribution in [0.3, 0.4) is 0 Å². The summed E-state index contributed by atoms with van der Waals surface area (Å²) in [6.07, 6.45) is 0. The Bertz CT molecular complexity index is 999. The minimum Gasteiger partial charge on any atom is -0.488 e. The molecular weight excluding hydrogens is 453 g/mol. The van der Waals surface area contributed by atoms with Crippen LogP contribution in [0.15, 0.2) is 71.2 Å². The lowest BCUT2D eigenvalue weighted by molar-refractivity contribution is -0.384. The number of nitro groups is 1. The number of nitrogens with zero attached hydrogens (tertiary/aromatic N) is 1. The predicted molar refractivity (Wildman–Crippen MR) is 118 cm³/mol. The first-order valence-electron chi connectivity index (χ1n) is 9.36. The van der Waals surface area contributed by atoms with Crippen molar-refractivity contribution in [3.8, 4) is 5.75 Å². The first-order valence-corrected chi connectivity index (χ1v) is 10.2. The molecule has 0 heterocycles. The van der Waals surface area contributed by atoms with Crippen molar-refractivity contribution in [1.29, 1.82) is 0 Å². The molecule has 0 amide bonds. The molecule has 156 valence electrons. The monoisotopic (exact) mass is 473 g/mol. The van der Waals surface area contributed by atoms with Crippen molar-refractivity contribution in [2.24, 2.45) is 0 Å². The summed E-state index contributed by atoms with van der Waals surface area (Å²) in [6, 6.07) is 18.6. The molecule has 0 aliphatic rings. The van der Waals surface area contributed by atoms with Crippen LogP contribution in [0.25, 0.3) is 0 Å². The molecule has 8 heteroatoms. The molecule has 0 aliphatic heterocycles. The number of anilines is 1. The highest BCUT2D eigenvalue weighted by molar-refractivity contribution is 9.10. The van der Waals surface area contributed by atoms with E-state index >= 15 is 0 Å². The number of non-ortho nitro benzene ring substituents is 1. The molecular formula is C22H21BrFN3O3. The number of nitrogens with one attached hydrogen (secondary N) is 2. The Kier molecular flexibility index (Phi) is 7.75. The minimum atomic E-state index is -0.421. The summed E-state index contributed by atoms with van der Waals surface area (Å²) in [5.41, 5.74) is 2.35. The van der Waals surface area contributed by atoms with Crippen LogP contribution in [0.2, 0.25) is 0 Å². The average Bonchev–Trinajstić information content (AvgIpc) is 2.74. The SMILES string of the molecule is O=[N+]([O-])c1ccc(NCCNCc2cc(Br)ccc2OCc2ccccc2F)cc1. The second kappa shape index (κ2) is 10.7. The highest BCUT2D eigenvalue weighted by atomic mass is 79.9. The number of ether oxygens (including phenoxy) is 1. The lowest BCUT2D eigenvalue weighted by atomic mass is 10.2. The fraction of sp³-hybridized carbons (Fsp3) is 0.182. The van der Waals surface area contributed by atoms with Gasteiger partial charge in [0.25, 0.3) is 5.69 Å². The summed E-state index contributed by atoms with van der Waals surface area (Å²) in [5, 5.41) is 17.2. The first kappa shape index (κ1) is 21.7. The maximum atomic E-state index is 13.8. The number of rotatable bonds is 10. The normalized spacial score (nSPS) is 10.6. The van der Waals surface area contributed by atoms with E-state index in [-0.39, 0.29) is 18.1 Å². The third-order valence-electron chi connectivity index (χ3n) is 4.39. The fourth-order valence-electron chi connectivity index (χ4n) is 2.82. The molecule has 3 aromatic carbocycles. The van der Waals surface area contributed by atoms with Crippen molar-refractivity contribution in [3.63, 3.8) is 0 Å². The van der Waals surface area contributed by atoms with Crippen LogP contribution in [-0.4, -0.2) is 18.0 Å². The van der Waals surface area contributed by atoms with Crippen molar-refractivity contribution >= 4 is 27.3 Å². The number of nitro benzene ring substituents is 1. The summed E-state index contributed by atoms with van der Waals surface area (Å²) in [4.78, 5) is 10.3. The molecule has 3 rings (SSSR count). The Morgan fingerprint density at radius 3 is 2.50 bits per heavy atom. The molecule has 0 spiro atoms. The Morgan fingerprint density at radius 2 is 1.77 bits per heavy atom. The van der Waals surface area contributed by atoms with E-state index in [0.717, 1.165) is 15.7 Å². The van der Waals surface area contributed by atoms with Crippen molar-refractivity contribution in [3.05, 3.63) is 98.3 Å². The van der Waals surface area contributed by atoms with E-state index in [0.29, 0.717) is 30.9 Å². The van der Waals surface area contributed by atoms with E-state index in [2.05, 4.69) is 26.6 Å². The molecule has 0 bridgehead atoms. The smallest absolute Gasteiger partial charge is 0.269 e. The zero-order chi connectivity index (χ0) is 21.3. The first-order chi connectivity index (χ1) is 14.5. The highest BCUT2D eigenvalue weighted by Crippen LogP contribution is 2.24. The Morgan fingerprint density at radius 1 is 1.00 bits per heavy atom. The van der Waals surface area contributed by atoms with Gasteiger partial charge >= 0.3 is 0 Å². The molecule has 6 nitrogen and oxygen atoms in total. The molecule has 0 aromatic heterocycles. The highest BCUT2D eigenvalue weighted by Gasteiger charge is 2.08. The summed E-state index contributed by atoms with van der Waals surface area (Å²) in [7, 11) is 0. The Labute approximate surface area is 182 Å². The predicted octanol–water partition coefficient (Wildman–Crippen LogP) is 5.28. The van der Waals surface area contributed by atoms with Gasteiger partial charge in [0.15, 0.2) is 0 Å². The molecule has 0 saturated heterocycles. The maximum Gasteiger partial charge on any atom is 0.269 e. The molecule has 0 radical (unpaired) electrons. The van der Waals surface area contributed by atoms with Gasteiger partial charge in [-0.3, -0.25) is 10.1 Å². The van der Waals surface area contributed by atoms with E-state index in [1.165, 1.54) is 18.2 Å². The van der Waals surface area contributed by atoms with Gasteiger partial charge in [0, 0.05) is 53.1 Å². The Hall–Kier alpha value is -2.97. The molecule has 0 unspecified atom stereocenters. The minimum absolute atomic E-state index is 0.0660. The van der Waals surface area contributed by atoms with Crippen LogP contribution in [0.1, 0.15) is 11.1 Å². The van der Waals surface area contributed by atoms with Crippen LogP contribution in [0, 0.1) is 15.9 Å². The van der Waals surface area contributed by atoms with Crippen molar-refractivity contribution < 1.29 is 14.1 Å². The summed E-state index contributed by atoms with van der Waals surface area (Å²) < 4.78 is 20.6. The van der Waals surface area contributed by atoms with Gasteiger partial charge in [0.05, 0.1) is 4.92 Å². The van der Waals surface area contributed by atoms with E-state index in [1.54, 1.807) is 30.3 Å². The van der Waals surface area contributed by atoms with Crippen molar-refractivity contribution in [1.82, 2.24) is 5.32 Å². The van der Waals surface area contributed by atoms with Crippen LogP contribution in [-0.2, 0) is 13.2 Å². The lowest BCUT2D eigenvalue weighted by Crippen LogP contribution is -2.22. The van der Waals surface area contributed by atoms with Gasteiger partial charge in [-0.15, -0.1) is 0 Å². The number of hydrogen-bond donors (Lipinski definition) is 2. The summed E-state index contributed by atoms with van der Waals surface area (Å²) >= 11 is 3.47. The average molecular weight is 474 g/mol. The van der Waals surface area contributed by atoms with Gasteiger partial charge in [-0.2, -0.15) is 0 Å². The van der Waals surface area contributed by atoms with Crippen LogP contribution in [0.5, 0.6) is 5.75 Å². The van der Waals surface area contributed by atoms with Crippen LogP contribution >= 0.6 is 15.9 Å². The third-order valence-corrected chi connectivity index (χ3v) is 4.88. The maximum absolute atomic E-state index is 13.8. The van der Waals surface area contributed by atoms with Gasteiger partial charge < -0.3 is 15.4 Å². The third kappa shape index (κ3) is 6.27. The summed E-state index contributed by atoms with van der Waals surface area (Å²) in [5.74, 6) is 0.406. The van der Waals surface area contributed by atoms with Crippen molar-refractivity contribution in [2.45, 2.75) is 13.2 Å². The topological polar surface area (TPSA) is 76.4 Å². The van der Waals surface area contributed by atoms with E-state index in [1.807, 2.05) is 18.2 Å². The molecule has 3 aromatic rings. The second-order valence-corrected chi connectivity index (χ2v) is 7.46. The van der Waals surface area contributed by atoms with Gasteiger partial charge in [-0.25, -0.2) is 4.39 Å². The van der Waals surface area contributed by atoms with Crippen molar-refractivity contribution in [2.75, 3.05) is 18.4 Å².